The van der Waals surface area contributed by atoms with Crippen LogP contribution in [0.3, 0.4) is 0 Å². The highest BCUT2D eigenvalue weighted by Crippen LogP contribution is 2.36. The van der Waals surface area contributed by atoms with Crippen molar-refractivity contribution < 1.29 is 19.1 Å². The summed E-state index contributed by atoms with van der Waals surface area (Å²) in [6.45, 7) is 2.62. The summed E-state index contributed by atoms with van der Waals surface area (Å²) >= 11 is 5.05. The predicted molar refractivity (Wildman–Crippen MR) is 106 cm³/mol. The number of halogens is 1. The van der Waals surface area contributed by atoms with Gasteiger partial charge >= 0.3 is 0 Å². The number of carbonyl (C=O) groups is 2. The Kier molecular flexibility index (Phi) is 6.21. The van der Waals surface area contributed by atoms with Gasteiger partial charge < -0.3 is 14.8 Å². The zero-order chi connectivity index (χ0) is 18.5. The fraction of sp³-hybridized carbons (Fsp3) is 0.263. The molecule has 0 aromatic heterocycles. The van der Waals surface area contributed by atoms with E-state index in [-0.39, 0.29) is 11.7 Å². The molecule has 0 aliphatic carbocycles. The number of hydrogen-bond donors (Lipinski definition) is 1. The molecule has 0 fully saturated rings. The van der Waals surface area contributed by atoms with Crippen LogP contribution >= 0.6 is 27.7 Å². The van der Waals surface area contributed by atoms with Crippen molar-refractivity contribution in [2.75, 3.05) is 24.3 Å². The number of carbonyl (C=O) groups excluding carboxylic acids is 2. The Labute approximate surface area is 164 Å². The number of amides is 1. The van der Waals surface area contributed by atoms with Crippen molar-refractivity contribution in [3.63, 3.8) is 0 Å². The largest absolute Gasteiger partial charge is 0.486 e. The van der Waals surface area contributed by atoms with Gasteiger partial charge in [-0.2, -0.15) is 0 Å². The van der Waals surface area contributed by atoms with Crippen LogP contribution in [-0.4, -0.2) is 30.7 Å². The van der Waals surface area contributed by atoms with Crippen molar-refractivity contribution in [2.45, 2.75) is 12.7 Å². The second-order valence-corrected chi connectivity index (χ2v) is 7.60. The Morgan fingerprint density at radius 1 is 1.12 bits per heavy atom. The maximum atomic E-state index is 12.1. The molecule has 0 saturated heterocycles. The molecular weight excluding hydrogens is 418 g/mol. The standard InChI is InChI=1S/C19H18BrNO4S/c1-12(22)13-2-4-15(5-3-13)21-19(23)11-26-10-14-8-17-18(9-16(14)20)25-7-6-24-17/h2-5,8-9H,6-7,10-11H2,1H3,(H,21,23). The maximum absolute atomic E-state index is 12.1. The molecule has 1 aliphatic heterocycles. The van der Waals surface area contributed by atoms with E-state index in [0.29, 0.717) is 36.0 Å². The van der Waals surface area contributed by atoms with E-state index >= 15 is 0 Å². The van der Waals surface area contributed by atoms with Gasteiger partial charge in [0.05, 0.1) is 5.75 Å². The van der Waals surface area contributed by atoms with E-state index in [9.17, 15) is 9.59 Å². The number of nitrogens with one attached hydrogen (secondary N) is 1. The Balaban J connectivity index is 1.51. The van der Waals surface area contributed by atoms with E-state index in [0.717, 1.165) is 21.5 Å². The Morgan fingerprint density at radius 3 is 2.42 bits per heavy atom. The first kappa shape index (κ1) is 18.8. The molecule has 136 valence electrons. The van der Waals surface area contributed by atoms with E-state index in [1.807, 2.05) is 12.1 Å². The molecule has 0 unspecified atom stereocenters. The lowest BCUT2D eigenvalue weighted by atomic mass is 10.1. The van der Waals surface area contributed by atoms with Gasteiger partial charge in [0, 0.05) is 21.5 Å². The minimum absolute atomic E-state index is 0.00318. The smallest absolute Gasteiger partial charge is 0.234 e. The van der Waals surface area contributed by atoms with E-state index < -0.39 is 0 Å². The van der Waals surface area contributed by atoms with E-state index in [1.54, 1.807) is 24.3 Å². The van der Waals surface area contributed by atoms with E-state index in [2.05, 4.69) is 21.2 Å². The zero-order valence-electron chi connectivity index (χ0n) is 14.2. The van der Waals surface area contributed by atoms with Crippen LogP contribution < -0.4 is 14.8 Å². The molecule has 7 heteroatoms. The number of ketones is 1. The number of thioether (sulfide) groups is 1. The summed E-state index contributed by atoms with van der Waals surface area (Å²) in [6, 6.07) is 10.7. The highest BCUT2D eigenvalue weighted by molar-refractivity contribution is 9.10. The third kappa shape index (κ3) is 4.80. The first-order valence-corrected chi connectivity index (χ1v) is 10.0. The second-order valence-electron chi connectivity index (χ2n) is 5.76. The molecule has 1 heterocycles. The third-order valence-electron chi connectivity index (χ3n) is 3.78. The summed E-state index contributed by atoms with van der Waals surface area (Å²) in [6.07, 6.45) is 0. The minimum atomic E-state index is -0.0840. The van der Waals surface area contributed by atoms with E-state index in [1.165, 1.54) is 18.7 Å². The highest BCUT2D eigenvalue weighted by atomic mass is 79.9. The highest BCUT2D eigenvalue weighted by Gasteiger charge is 2.15. The summed E-state index contributed by atoms with van der Waals surface area (Å²) in [7, 11) is 0. The summed E-state index contributed by atoms with van der Waals surface area (Å²) < 4.78 is 12.1. The van der Waals surface area contributed by atoms with Crippen molar-refractivity contribution in [1.29, 1.82) is 0 Å². The Morgan fingerprint density at radius 2 is 1.77 bits per heavy atom. The molecule has 1 N–H and O–H groups in total. The van der Waals surface area contributed by atoms with Crippen molar-refractivity contribution in [3.8, 4) is 11.5 Å². The summed E-state index contributed by atoms with van der Waals surface area (Å²) in [5.74, 6) is 2.40. The van der Waals surface area contributed by atoms with Gasteiger partial charge in [-0.1, -0.05) is 15.9 Å². The quantitative estimate of drug-likeness (QED) is 0.685. The molecule has 1 aliphatic rings. The Hall–Kier alpha value is -1.99. The zero-order valence-corrected chi connectivity index (χ0v) is 16.6. The number of rotatable bonds is 6. The van der Waals surface area contributed by atoms with Gasteiger partial charge in [-0.15, -0.1) is 11.8 Å². The lowest BCUT2D eigenvalue weighted by molar-refractivity contribution is -0.113. The molecule has 2 aromatic carbocycles. The third-order valence-corrected chi connectivity index (χ3v) is 5.50. The average molecular weight is 436 g/mol. The number of Topliss-reactive ketones (excluding diaryl/α,β-unsaturated/α-hetero) is 1. The lowest BCUT2D eigenvalue weighted by Crippen LogP contribution is -2.16. The van der Waals surface area contributed by atoms with Gasteiger partial charge in [0.25, 0.3) is 0 Å². The average Bonchev–Trinajstić information content (AvgIpc) is 2.62. The molecule has 0 saturated carbocycles. The number of benzene rings is 2. The molecule has 5 nitrogen and oxygen atoms in total. The predicted octanol–water partition coefficient (Wildman–Crippen LogP) is 4.29. The van der Waals surface area contributed by atoms with Crippen molar-refractivity contribution in [3.05, 3.63) is 52.0 Å². The first-order valence-electron chi connectivity index (χ1n) is 8.09. The van der Waals surface area contributed by atoms with Crippen LogP contribution in [0.4, 0.5) is 5.69 Å². The molecule has 2 aromatic rings. The SMILES string of the molecule is CC(=O)c1ccc(NC(=O)CSCc2cc3c(cc2Br)OCCO3)cc1. The van der Waals surface area contributed by atoms with Crippen LogP contribution in [-0.2, 0) is 10.5 Å². The normalized spacial score (nSPS) is 12.5. The van der Waals surface area contributed by atoms with Crippen LogP contribution in [0.5, 0.6) is 11.5 Å². The first-order chi connectivity index (χ1) is 12.5. The van der Waals surface area contributed by atoms with Crippen LogP contribution in [0.1, 0.15) is 22.8 Å². The fourth-order valence-electron chi connectivity index (χ4n) is 2.46. The molecule has 0 spiro atoms. The van der Waals surface area contributed by atoms with Gasteiger partial charge in [-0.3, -0.25) is 9.59 Å². The van der Waals surface area contributed by atoms with Crippen molar-refractivity contribution >= 4 is 45.1 Å². The molecule has 1 amide bonds. The van der Waals surface area contributed by atoms with Gasteiger partial charge in [0.1, 0.15) is 13.2 Å². The number of fused-ring (bicyclic) bond motifs is 1. The topological polar surface area (TPSA) is 64.6 Å². The monoisotopic (exact) mass is 435 g/mol. The molecule has 0 radical (unpaired) electrons. The minimum Gasteiger partial charge on any atom is -0.486 e. The van der Waals surface area contributed by atoms with Gasteiger partial charge in [-0.05, 0) is 48.9 Å². The van der Waals surface area contributed by atoms with Crippen LogP contribution in [0, 0.1) is 0 Å². The van der Waals surface area contributed by atoms with Gasteiger partial charge in [0.15, 0.2) is 17.3 Å². The maximum Gasteiger partial charge on any atom is 0.234 e. The second kappa shape index (κ2) is 8.60. The number of ether oxygens (including phenoxy) is 2. The molecule has 0 bridgehead atoms. The summed E-state index contributed by atoms with van der Waals surface area (Å²) in [5, 5.41) is 2.83. The Bertz CT molecular complexity index is 823. The van der Waals surface area contributed by atoms with E-state index in [4.69, 9.17) is 9.47 Å². The van der Waals surface area contributed by atoms with Crippen LogP contribution in [0.15, 0.2) is 40.9 Å². The molecule has 26 heavy (non-hydrogen) atoms. The van der Waals surface area contributed by atoms with Crippen molar-refractivity contribution in [2.24, 2.45) is 0 Å². The van der Waals surface area contributed by atoms with Crippen LogP contribution in [0.25, 0.3) is 0 Å². The number of hydrogen-bond acceptors (Lipinski definition) is 5. The van der Waals surface area contributed by atoms with Gasteiger partial charge in [-0.25, -0.2) is 0 Å². The number of anilines is 1. The summed E-state index contributed by atoms with van der Waals surface area (Å²) in [5.41, 5.74) is 2.36. The lowest BCUT2D eigenvalue weighted by Gasteiger charge is -2.19. The molecule has 3 rings (SSSR count). The van der Waals surface area contributed by atoms with Gasteiger partial charge in [0.2, 0.25) is 5.91 Å². The molecular formula is C19H18BrNO4S. The fourth-order valence-corrected chi connectivity index (χ4v) is 3.92. The molecule has 0 atom stereocenters. The van der Waals surface area contributed by atoms with Crippen LogP contribution in [0.2, 0.25) is 0 Å². The summed E-state index contributed by atoms with van der Waals surface area (Å²) in [4.78, 5) is 23.3. The van der Waals surface area contributed by atoms with Crippen molar-refractivity contribution in [1.82, 2.24) is 0 Å².